The lowest BCUT2D eigenvalue weighted by Gasteiger charge is -2.24. The summed E-state index contributed by atoms with van der Waals surface area (Å²) in [6, 6.07) is 13.5. The van der Waals surface area contributed by atoms with E-state index >= 15 is 0 Å². The molecule has 31 heavy (non-hydrogen) atoms. The monoisotopic (exact) mass is 438 g/mol. The smallest absolute Gasteiger partial charge is 0.352 e. The Bertz CT molecular complexity index is 1150. The number of rotatable bonds is 6. The number of halogens is 1. The van der Waals surface area contributed by atoms with Gasteiger partial charge in [-0.2, -0.15) is 5.10 Å². The van der Waals surface area contributed by atoms with Crippen LogP contribution in [0.5, 0.6) is 5.75 Å². The Labute approximate surface area is 183 Å². The van der Waals surface area contributed by atoms with Crippen molar-refractivity contribution in [2.75, 3.05) is 17.2 Å². The normalized spacial score (nSPS) is 14.8. The fourth-order valence-corrected chi connectivity index (χ4v) is 3.41. The van der Waals surface area contributed by atoms with E-state index in [0.717, 1.165) is 5.56 Å². The Morgan fingerprint density at radius 3 is 2.55 bits per heavy atom. The standard InChI is InChI=1S/C22H19ClN4O4/c1-2-31-16-9-7-15(8-10-16)25-21(28)17-12-24-27-19(13-3-5-14(23)6-4-13)11-18(22(29)30)26-20(17)27/h3-12,19,26H,2H2,1H3,(H,25,28)(H,29,30)/t19-/m1/s1. The molecule has 1 aliphatic heterocycles. The molecule has 0 fully saturated rings. The van der Waals surface area contributed by atoms with Gasteiger partial charge in [-0.15, -0.1) is 0 Å². The summed E-state index contributed by atoms with van der Waals surface area (Å²) in [6.45, 7) is 2.44. The Kier molecular flexibility index (Phi) is 5.64. The van der Waals surface area contributed by atoms with Crippen LogP contribution < -0.4 is 15.4 Å². The number of hydrogen-bond donors (Lipinski definition) is 3. The fraction of sp³-hybridized carbons (Fsp3) is 0.136. The molecule has 9 heteroatoms. The van der Waals surface area contributed by atoms with Crippen molar-refractivity contribution in [3.8, 4) is 5.75 Å². The van der Waals surface area contributed by atoms with E-state index in [1.54, 1.807) is 59.3 Å². The zero-order valence-electron chi connectivity index (χ0n) is 16.5. The van der Waals surface area contributed by atoms with E-state index in [1.807, 2.05) is 6.92 Å². The molecule has 8 nitrogen and oxygen atoms in total. The number of amides is 1. The molecule has 0 spiro atoms. The van der Waals surface area contributed by atoms with Crippen LogP contribution in [0, 0.1) is 0 Å². The molecule has 0 bridgehead atoms. The van der Waals surface area contributed by atoms with Crippen LogP contribution in [0.3, 0.4) is 0 Å². The van der Waals surface area contributed by atoms with Crippen molar-refractivity contribution < 1.29 is 19.4 Å². The summed E-state index contributed by atoms with van der Waals surface area (Å²) in [5.41, 5.74) is 1.54. The zero-order chi connectivity index (χ0) is 22.0. The van der Waals surface area contributed by atoms with Gasteiger partial charge in [0.25, 0.3) is 5.91 Å². The highest BCUT2D eigenvalue weighted by atomic mass is 35.5. The number of carboxylic acids is 1. The number of benzene rings is 2. The topological polar surface area (TPSA) is 105 Å². The molecule has 2 aromatic carbocycles. The van der Waals surface area contributed by atoms with E-state index in [-0.39, 0.29) is 11.3 Å². The molecule has 0 saturated carbocycles. The third-order valence-electron chi connectivity index (χ3n) is 4.75. The Hall–Kier alpha value is -3.78. The van der Waals surface area contributed by atoms with Gasteiger partial charge >= 0.3 is 5.97 Å². The summed E-state index contributed by atoms with van der Waals surface area (Å²) in [4.78, 5) is 24.6. The molecule has 3 aromatic rings. The maximum absolute atomic E-state index is 12.9. The minimum absolute atomic E-state index is 0.0388. The lowest BCUT2D eigenvalue weighted by Crippen LogP contribution is -2.25. The number of aromatic nitrogens is 2. The average Bonchev–Trinajstić information content (AvgIpc) is 3.19. The molecule has 2 heterocycles. The van der Waals surface area contributed by atoms with Gasteiger partial charge in [0.05, 0.1) is 18.8 Å². The van der Waals surface area contributed by atoms with Crippen molar-refractivity contribution in [2.24, 2.45) is 0 Å². The Balaban J connectivity index is 1.64. The molecule has 1 aliphatic rings. The molecule has 158 valence electrons. The van der Waals surface area contributed by atoms with Crippen LogP contribution in [0.1, 0.15) is 28.9 Å². The number of carboxylic acid groups (broad SMARTS) is 1. The predicted octanol–water partition coefficient (Wildman–Crippen LogP) is 4.17. The van der Waals surface area contributed by atoms with Crippen LogP contribution in [-0.4, -0.2) is 33.4 Å². The van der Waals surface area contributed by atoms with Gasteiger partial charge in [-0.05, 0) is 55.0 Å². The quantitative estimate of drug-likeness (QED) is 0.533. The lowest BCUT2D eigenvalue weighted by molar-refractivity contribution is -0.132. The number of ether oxygens (including phenoxy) is 1. The average molecular weight is 439 g/mol. The zero-order valence-corrected chi connectivity index (χ0v) is 17.3. The minimum atomic E-state index is -1.13. The van der Waals surface area contributed by atoms with Crippen molar-refractivity contribution in [1.82, 2.24) is 9.78 Å². The number of fused-ring (bicyclic) bond motifs is 1. The minimum Gasteiger partial charge on any atom is -0.494 e. The molecule has 1 aromatic heterocycles. The first-order valence-corrected chi connectivity index (χ1v) is 9.93. The van der Waals surface area contributed by atoms with Gasteiger partial charge in [0, 0.05) is 10.7 Å². The highest BCUT2D eigenvalue weighted by Gasteiger charge is 2.29. The van der Waals surface area contributed by atoms with Crippen molar-refractivity contribution >= 4 is 35.0 Å². The third kappa shape index (κ3) is 4.24. The number of carbonyl (C=O) groups is 2. The van der Waals surface area contributed by atoms with E-state index in [1.165, 1.54) is 6.20 Å². The first-order chi connectivity index (χ1) is 15.0. The van der Waals surface area contributed by atoms with Gasteiger partial charge in [-0.3, -0.25) is 4.79 Å². The van der Waals surface area contributed by atoms with Crippen LogP contribution in [0.4, 0.5) is 11.5 Å². The van der Waals surface area contributed by atoms with Crippen LogP contribution in [0.2, 0.25) is 5.02 Å². The van der Waals surface area contributed by atoms with Crippen molar-refractivity contribution in [1.29, 1.82) is 0 Å². The molecule has 1 amide bonds. The van der Waals surface area contributed by atoms with Crippen LogP contribution in [-0.2, 0) is 4.79 Å². The number of aliphatic carboxylic acids is 1. The summed E-state index contributed by atoms with van der Waals surface area (Å²) in [5, 5.41) is 20.1. The first-order valence-electron chi connectivity index (χ1n) is 9.55. The molecule has 0 unspecified atom stereocenters. The maximum atomic E-state index is 12.9. The second-order valence-corrected chi connectivity index (χ2v) is 7.21. The van der Waals surface area contributed by atoms with Crippen molar-refractivity contribution in [3.63, 3.8) is 0 Å². The van der Waals surface area contributed by atoms with Crippen molar-refractivity contribution in [3.05, 3.63) is 82.7 Å². The maximum Gasteiger partial charge on any atom is 0.352 e. The van der Waals surface area contributed by atoms with Gasteiger partial charge in [0.2, 0.25) is 0 Å². The summed E-state index contributed by atoms with van der Waals surface area (Å²) in [5.74, 6) is -0.556. The predicted molar refractivity (Wildman–Crippen MR) is 117 cm³/mol. The Morgan fingerprint density at radius 1 is 1.19 bits per heavy atom. The molecular formula is C22H19ClN4O4. The van der Waals surface area contributed by atoms with Crippen molar-refractivity contribution in [2.45, 2.75) is 13.0 Å². The highest BCUT2D eigenvalue weighted by molar-refractivity contribution is 6.30. The molecule has 3 N–H and O–H groups in total. The van der Waals surface area contributed by atoms with E-state index in [2.05, 4.69) is 15.7 Å². The molecule has 0 saturated heterocycles. The van der Waals surface area contributed by atoms with E-state index in [4.69, 9.17) is 16.3 Å². The molecular weight excluding hydrogens is 420 g/mol. The summed E-state index contributed by atoms with van der Waals surface area (Å²) in [6.07, 6.45) is 2.95. The molecule has 1 atom stereocenters. The number of carbonyl (C=O) groups excluding carboxylic acids is 1. The second kappa shape index (κ2) is 8.53. The van der Waals surface area contributed by atoms with Gasteiger partial charge in [-0.25, -0.2) is 9.48 Å². The number of nitrogens with one attached hydrogen (secondary N) is 2. The second-order valence-electron chi connectivity index (χ2n) is 6.77. The van der Waals surface area contributed by atoms with Gasteiger partial charge in [-0.1, -0.05) is 23.7 Å². The Morgan fingerprint density at radius 2 is 1.90 bits per heavy atom. The molecule has 0 aliphatic carbocycles. The largest absolute Gasteiger partial charge is 0.494 e. The fourth-order valence-electron chi connectivity index (χ4n) is 3.28. The van der Waals surface area contributed by atoms with E-state index in [0.29, 0.717) is 28.9 Å². The number of allylic oxidation sites excluding steroid dienone is 1. The van der Waals surface area contributed by atoms with E-state index < -0.39 is 17.9 Å². The van der Waals surface area contributed by atoms with Crippen LogP contribution >= 0.6 is 11.6 Å². The van der Waals surface area contributed by atoms with Gasteiger partial charge in [0.1, 0.15) is 22.8 Å². The number of hydrogen-bond acceptors (Lipinski definition) is 5. The number of anilines is 2. The first kappa shape index (κ1) is 20.5. The summed E-state index contributed by atoms with van der Waals surface area (Å²) >= 11 is 5.97. The highest BCUT2D eigenvalue weighted by Crippen LogP contribution is 2.33. The lowest BCUT2D eigenvalue weighted by atomic mass is 10.0. The SMILES string of the molecule is CCOc1ccc(NC(=O)c2cnn3c2NC(C(=O)O)=C[C@@H]3c2ccc(Cl)cc2)cc1. The van der Waals surface area contributed by atoms with Crippen LogP contribution in [0.25, 0.3) is 0 Å². The third-order valence-corrected chi connectivity index (χ3v) is 5.00. The summed E-state index contributed by atoms with van der Waals surface area (Å²) < 4.78 is 6.97. The molecule has 4 rings (SSSR count). The van der Waals surface area contributed by atoms with Crippen LogP contribution in [0.15, 0.2) is 66.5 Å². The summed E-state index contributed by atoms with van der Waals surface area (Å²) in [7, 11) is 0. The number of nitrogens with zero attached hydrogens (tertiary/aromatic N) is 2. The van der Waals surface area contributed by atoms with Gasteiger partial charge < -0.3 is 20.5 Å². The molecule has 0 radical (unpaired) electrons. The van der Waals surface area contributed by atoms with Gasteiger partial charge in [0.15, 0.2) is 0 Å². The van der Waals surface area contributed by atoms with E-state index in [9.17, 15) is 14.7 Å².